The van der Waals surface area contributed by atoms with E-state index in [4.69, 9.17) is 4.42 Å². The molecule has 0 unspecified atom stereocenters. The number of fused-ring (bicyclic) bond motifs is 1. The Hall–Kier alpha value is -2.49. The number of furan rings is 1. The standard InChI is InChI=1S/C16H15NO3/c1-10-11(2)20-14-8-13(16(18)19)17(15(10)14)9-12-6-4-3-5-7-12/h3-8H,9H2,1-2H3,(H,18,19). The van der Waals surface area contributed by atoms with Crippen molar-refractivity contribution in [2.24, 2.45) is 0 Å². The summed E-state index contributed by atoms with van der Waals surface area (Å²) in [6.45, 7) is 4.36. The molecule has 0 radical (unpaired) electrons. The maximum Gasteiger partial charge on any atom is 0.352 e. The van der Waals surface area contributed by atoms with Gasteiger partial charge in [0.15, 0.2) is 5.58 Å². The van der Waals surface area contributed by atoms with E-state index in [1.54, 1.807) is 10.6 Å². The summed E-state index contributed by atoms with van der Waals surface area (Å²) in [7, 11) is 0. The minimum Gasteiger partial charge on any atom is -0.477 e. The van der Waals surface area contributed by atoms with Crippen LogP contribution in [-0.2, 0) is 6.54 Å². The molecule has 0 atom stereocenters. The maximum absolute atomic E-state index is 11.4. The van der Waals surface area contributed by atoms with Gasteiger partial charge in [0, 0.05) is 18.2 Å². The van der Waals surface area contributed by atoms with Gasteiger partial charge in [-0.2, -0.15) is 0 Å². The van der Waals surface area contributed by atoms with Crippen LogP contribution in [0.5, 0.6) is 0 Å². The van der Waals surface area contributed by atoms with Gasteiger partial charge in [0.05, 0.1) is 5.52 Å². The van der Waals surface area contributed by atoms with Crippen LogP contribution in [0.25, 0.3) is 11.1 Å². The van der Waals surface area contributed by atoms with Crippen molar-refractivity contribution in [2.45, 2.75) is 20.4 Å². The molecule has 102 valence electrons. The van der Waals surface area contributed by atoms with Gasteiger partial charge < -0.3 is 14.1 Å². The van der Waals surface area contributed by atoms with E-state index in [2.05, 4.69) is 0 Å². The molecule has 3 aromatic rings. The third kappa shape index (κ3) is 1.90. The van der Waals surface area contributed by atoms with Crippen LogP contribution in [0.4, 0.5) is 0 Å². The maximum atomic E-state index is 11.4. The molecule has 4 nitrogen and oxygen atoms in total. The van der Waals surface area contributed by atoms with Gasteiger partial charge in [-0.15, -0.1) is 0 Å². The summed E-state index contributed by atoms with van der Waals surface area (Å²) >= 11 is 0. The zero-order valence-electron chi connectivity index (χ0n) is 11.4. The van der Waals surface area contributed by atoms with Crippen LogP contribution in [0.2, 0.25) is 0 Å². The number of hydrogen-bond acceptors (Lipinski definition) is 2. The molecule has 0 saturated heterocycles. The number of aryl methyl sites for hydroxylation is 2. The van der Waals surface area contributed by atoms with Crippen LogP contribution in [0.1, 0.15) is 27.4 Å². The van der Waals surface area contributed by atoms with E-state index in [0.29, 0.717) is 12.1 Å². The van der Waals surface area contributed by atoms with Crippen LogP contribution in [0.15, 0.2) is 40.8 Å². The van der Waals surface area contributed by atoms with E-state index in [9.17, 15) is 9.90 Å². The predicted molar refractivity (Wildman–Crippen MR) is 76.2 cm³/mol. The highest BCUT2D eigenvalue weighted by atomic mass is 16.4. The molecule has 1 N–H and O–H groups in total. The van der Waals surface area contributed by atoms with Crippen LogP contribution < -0.4 is 0 Å². The normalized spacial score (nSPS) is 11.1. The van der Waals surface area contributed by atoms with Crippen LogP contribution in [-0.4, -0.2) is 15.6 Å². The molecule has 1 aromatic carbocycles. The molecule has 3 rings (SSSR count). The lowest BCUT2D eigenvalue weighted by Crippen LogP contribution is -2.09. The van der Waals surface area contributed by atoms with E-state index < -0.39 is 5.97 Å². The van der Waals surface area contributed by atoms with Gasteiger partial charge in [-0.3, -0.25) is 0 Å². The molecule has 0 spiro atoms. The summed E-state index contributed by atoms with van der Waals surface area (Å²) < 4.78 is 7.43. The van der Waals surface area contributed by atoms with Gasteiger partial charge in [0.1, 0.15) is 11.5 Å². The highest BCUT2D eigenvalue weighted by Crippen LogP contribution is 2.29. The van der Waals surface area contributed by atoms with E-state index in [1.165, 1.54) is 0 Å². The smallest absolute Gasteiger partial charge is 0.352 e. The first-order chi connectivity index (χ1) is 9.58. The van der Waals surface area contributed by atoms with E-state index in [1.807, 2.05) is 44.2 Å². The van der Waals surface area contributed by atoms with Gasteiger partial charge in [-0.05, 0) is 19.4 Å². The molecule has 0 aliphatic carbocycles. The fourth-order valence-electron chi connectivity index (χ4n) is 2.50. The lowest BCUT2D eigenvalue weighted by Gasteiger charge is -2.08. The number of aromatic nitrogens is 1. The molecular formula is C16H15NO3. The average molecular weight is 269 g/mol. The number of aromatic carboxylic acids is 1. The minimum absolute atomic E-state index is 0.255. The lowest BCUT2D eigenvalue weighted by molar-refractivity contribution is 0.0686. The minimum atomic E-state index is -0.940. The lowest BCUT2D eigenvalue weighted by atomic mass is 10.2. The first-order valence-corrected chi connectivity index (χ1v) is 6.44. The van der Waals surface area contributed by atoms with Crippen molar-refractivity contribution >= 4 is 17.1 Å². The number of nitrogens with zero attached hydrogens (tertiary/aromatic N) is 1. The highest BCUT2D eigenvalue weighted by molar-refractivity contribution is 5.94. The van der Waals surface area contributed by atoms with E-state index >= 15 is 0 Å². The summed E-state index contributed by atoms with van der Waals surface area (Å²) in [4.78, 5) is 11.4. The van der Waals surface area contributed by atoms with Crippen LogP contribution in [0.3, 0.4) is 0 Å². The van der Waals surface area contributed by atoms with Crippen molar-refractivity contribution in [3.8, 4) is 0 Å². The molecule has 0 saturated carbocycles. The second-order valence-corrected chi connectivity index (χ2v) is 4.90. The largest absolute Gasteiger partial charge is 0.477 e. The summed E-state index contributed by atoms with van der Waals surface area (Å²) in [6.07, 6.45) is 0. The number of carboxylic acid groups (broad SMARTS) is 1. The van der Waals surface area contributed by atoms with Crippen molar-refractivity contribution in [3.05, 3.63) is 59.0 Å². The molecule has 2 heterocycles. The Morgan fingerprint density at radius 2 is 1.95 bits per heavy atom. The second-order valence-electron chi connectivity index (χ2n) is 4.90. The van der Waals surface area contributed by atoms with Crippen molar-refractivity contribution in [1.29, 1.82) is 0 Å². The topological polar surface area (TPSA) is 55.4 Å². The molecule has 2 aromatic heterocycles. The summed E-state index contributed by atoms with van der Waals surface area (Å²) in [5.74, 6) is -0.113. The van der Waals surface area contributed by atoms with Crippen molar-refractivity contribution in [2.75, 3.05) is 0 Å². The average Bonchev–Trinajstić information content (AvgIpc) is 2.90. The summed E-state index contributed by atoms with van der Waals surface area (Å²) in [6, 6.07) is 11.4. The fraction of sp³-hybridized carbons (Fsp3) is 0.188. The quantitative estimate of drug-likeness (QED) is 0.790. The van der Waals surface area contributed by atoms with Gasteiger partial charge in [0.25, 0.3) is 0 Å². The first kappa shape index (κ1) is 12.5. The third-order valence-electron chi connectivity index (χ3n) is 3.61. The molecule has 20 heavy (non-hydrogen) atoms. The molecule has 0 bridgehead atoms. The monoisotopic (exact) mass is 269 g/mol. The zero-order valence-corrected chi connectivity index (χ0v) is 11.4. The number of carboxylic acids is 1. The number of benzene rings is 1. The zero-order chi connectivity index (χ0) is 14.3. The Kier molecular flexibility index (Phi) is 2.86. The van der Waals surface area contributed by atoms with Crippen LogP contribution >= 0.6 is 0 Å². The summed E-state index contributed by atoms with van der Waals surface area (Å²) in [5, 5.41) is 9.36. The van der Waals surface area contributed by atoms with Crippen LogP contribution in [0, 0.1) is 13.8 Å². The molecule has 4 heteroatoms. The number of hydrogen-bond donors (Lipinski definition) is 1. The SMILES string of the molecule is Cc1oc2cc(C(=O)O)n(Cc3ccccc3)c2c1C. The second kappa shape index (κ2) is 4.56. The van der Waals surface area contributed by atoms with E-state index in [-0.39, 0.29) is 5.69 Å². The summed E-state index contributed by atoms with van der Waals surface area (Å²) in [5.41, 5.74) is 3.80. The molecule has 0 aliphatic rings. The van der Waals surface area contributed by atoms with E-state index in [0.717, 1.165) is 22.4 Å². The Bertz CT molecular complexity index is 781. The Labute approximate surface area is 116 Å². The van der Waals surface area contributed by atoms with Crippen molar-refractivity contribution < 1.29 is 14.3 Å². The first-order valence-electron chi connectivity index (χ1n) is 6.44. The van der Waals surface area contributed by atoms with Gasteiger partial charge in [0.2, 0.25) is 0 Å². The van der Waals surface area contributed by atoms with Gasteiger partial charge in [-0.1, -0.05) is 30.3 Å². The number of carbonyl (C=O) groups is 1. The van der Waals surface area contributed by atoms with Crippen molar-refractivity contribution in [3.63, 3.8) is 0 Å². The molecular weight excluding hydrogens is 254 g/mol. The van der Waals surface area contributed by atoms with Crippen molar-refractivity contribution in [1.82, 2.24) is 4.57 Å². The van der Waals surface area contributed by atoms with Gasteiger partial charge in [-0.25, -0.2) is 4.79 Å². The predicted octanol–water partition coefficient (Wildman–Crippen LogP) is 3.60. The number of rotatable bonds is 3. The Morgan fingerprint density at radius 1 is 1.25 bits per heavy atom. The third-order valence-corrected chi connectivity index (χ3v) is 3.61. The Morgan fingerprint density at radius 3 is 2.60 bits per heavy atom. The molecule has 0 fully saturated rings. The van der Waals surface area contributed by atoms with Gasteiger partial charge >= 0.3 is 5.97 Å². The molecule has 0 aliphatic heterocycles. The Balaban J connectivity index is 2.20. The molecule has 0 amide bonds. The highest BCUT2D eigenvalue weighted by Gasteiger charge is 2.20. The fourth-order valence-corrected chi connectivity index (χ4v) is 2.50.